The lowest BCUT2D eigenvalue weighted by Crippen LogP contribution is -2.45. The van der Waals surface area contributed by atoms with Gasteiger partial charge in [-0.1, -0.05) is 0 Å². The van der Waals surface area contributed by atoms with Crippen molar-refractivity contribution in [2.45, 2.75) is 37.3 Å². The van der Waals surface area contributed by atoms with Gasteiger partial charge in [-0.05, 0) is 12.8 Å². The molecule has 2 nitrogen and oxygen atoms in total. The van der Waals surface area contributed by atoms with Gasteiger partial charge in [-0.2, -0.15) is 0 Å². The van der Waals surface area contributed by atoms with E-state index in [-0.39, 0.29) is 18.9 Å². The van der Waals surface area contributed by atoms with Crippen molar-refractivity contribution in [2.24, 2.45) is 5.73 Å². The molecule has 1 fully saturated rings. The topological polar surface area (TPSA) is 35.2 Å². The second kappa shape index (κ2) is 3.03. The molecule has 4 heteroatoms. The first-order valence-electron chi connectivity index (χ1n) is 3.72. The highest BCUT2D eigenvalue weighted by atomic mass is 19.3. The number of halogens is 2. The molecule has 2 unspecified atom stereocenters. The Labute approximate surface area is 64.7 Å². The van der Waals surface area contributed by atoms with E-state index in [9.17, 15) is 8.78 Å². The summed E-state index contributed by atoms with van der Waals surface area (Å²) < 4.78 is 30.4. The molecular weight excluding hydrogens is 152 g/mol. The van der Waals surface area contributed by atoms with Crippen LogP contribution in [0.3, 0.4) is 0 Å². The molecule has 0 aromatic carbocycles. The van der Waals surface area contributed by atoms with E-state index >= 15 is 0 Å². The molecule has 11 heavy (non-hydrogen) atoms. The number of hydrogen-bond acceptors (Lipinski definition) is 2. The highest BCUT2D eigenvalue weighted by Gasteiger charge is 2.43. The van der Waals surface area contributed by atoms with E-state index in [1.165, 1.54) is 7.11 Å². The molecule has 0 bridgehead atoms. The quantitative estimate of drug-likeness (QED) is 0.632. The summed E-state index contributed by atoms with van der Waals surface area (Å²) in [5.41, 5.74) is 5.51. The predicted molar refractivity (Wildman–Crippen MR) is 37.6 cm³/mol. The predicted octanol–water partition coefficient (Wildman–Crippen LogP) is 1.15. The number of hydrogen-bond donors (Lipinski definition) is 1. The van der Waals surface area contributed by atoms with Crippen molar-refractivity contribution in [3.8, 4) is 0 Å². The Hall–Kier alpha value is -0.220. The second-order valence-electron chi connectivity index (χ2n) is 3.02. The van der Waals surface area contributed by atoms with Crippen LogP contribution in [0.5, 0.6) is 0 Å². The highest BCUT2D eigenvalue weighted by molar-refractivity contribution is 4.87. The van der Waals surface area contributed by atoms with E-state index in [2.05, 4.69) is 4.74 Å². The van der Waals surface area contributed by atoms with Crippen LogP contribution in [-0.4, -0.2) is 25.2 Å². The second-order valence-corrected chi connectivity index (χ2v) is 3.02. The van der Waals surface area contributed by atoms with Crippen molar-refractivity contribution in [1.82, 2.24) is 0 Å². The molecule has 1 aliphatic carbocycles. The largest absolute Gasteiger partial charge is 0.375 e. The molecule has 1 rings (SSSR count). The van der Waals surface area contributed by atoms with Crippen molar-refractivity contribution >= 4 is 0 Å². The SMILES string of the molecule is COC1CC(N)CCC1(F)F. The van der Waals surface area contributed by atoms with Crippen LogP contribution in [0, 0.1) is 0 Å². The molecule has 2 N–H and O–H groups in total. The molecule has 0 spiro atoms. The molecule has 0 radical (unpaired) electrons. The minimum atomic E-state index is -2.68. The monoisotopic (exact) mass is 165 g/mol. The maximum atomic E-state index is 12.9. The fourth-order valence-corrected chi connectivity index (χ4v) is 1.37. The van der Waals surface area contributed by atoms with Crippen molar-refractivity contribution in [3.05, 3.63) is 0 Å². The van der Waals surface area contributed by atoms with E-state index < -0.39 is 12.0 Å². The van der Waals surface area contributed by atoms with Crippen LogP contribution >= 0.6 is 0 Å². The molecule has 2 atom stereocenters. The molecule has 66 valence electrons. The lowest BCUT2D eigenvalue weighted by molar-refractivity contribution is -0.148. The summed E-state index contributed by atoms with van der Waals surface area (Å²) in [6, 6.07) is -0.125. The fraction of sp³-hybridized carbons (Fsp3) is 1.00. The third-order valence-corrected chi connectivity index (χ3v) is 2.12. The summed E-state index contributed by atoms with van der Waals surface area (Å²) in [7, 11) is 1.30. The standard InChI is InChI=1S/C7H13F2NO/c1-11-6-4-5(10)2-3-7(6,8)9/h5-6H,2-4,10H2,1H3. The summed E-state index contributed by atoms with van der Waals surface area (Å²) in [6.45, 7) is 0. The van der Waals surface area contributed by atoms with Gasteiger partial charge in [-0.15, -0.1) is 0 Å². The zero-order chi connectivity index (χ0) is 8.48. The van der Waals surface area contributed by atoms with E-state index in [0.717, 1.165) is 0 Å². The number of nitrogens with two attached hydrogens (primary N) is 1. The van der Waals surface area contributed by atoms with E-state index in [1.807, 2.05) is 0 Å². The summed E-state index contributed by atoms with van der Waals surface area (Å²) in [5.74, 6) is -2.68. The van der Waals surface area contributed by atoms with Crippen LogP contribution < -0.4 is 5.73 Å². The van der Waals surface area contributed by atoms with E-state index in [1.54, 1.807) is 0 Å². The Kier molecular flexibility index (Phi) is 2.44. The van der Waals surface area contributed by atoms with Crippen molar-refractivity contribution in [3.63, 3.8) is 0 Å². The van der Waals surface area contributed by atoms with Gasteiger partial charge in [0.15, 0.2) is 0 Å². The Morgan fingerprint density at radius 3 is 2.64 bits per heavy atom. The first-order valence-corrected chi connectivity index (χ1v) is 3.72. The number of methoxy groups -OCH3 is 1. The highest BCUT2D eigenvalue weighted by Crippen LogP contribution is 2.34. The molecule has 0 aromatic heterocycles. The molecule has 1 aliphatic rings. The maximum Gasteiger partial charge on any atom is 0.273 e. The Morgan fingerprint density at radius 2 is 2.18 bits per heavy atom. The summed E-state index contributed by atoms with van der Waals surface area (Å²) in [5, 5.41) is 0. The average molecular weight is 165 g/mol. The summed E-state index contributed by atoms with van der Waals surface area (Å²) in [6.07, 6.45) is -0.463. The number of ether oxygens (including phenoxy) is 1. The van der Waals surface area contributed by atoms with Gasteiger partial charge in [-0.25, -0.2) is 8.78 Å². The lowest BCUT2D eigenvalue weighted by Gasteiger charge is -2.33. The molecule has 0 aromatic rings. The molecule has 0 amide bonds. The van der Waals surface area contributed by atoms with Crippen molar-refractivity contribution < 1.29 is 13.5 Å². The van der Waals surface area contributed by atoms with Gasteiger partial charge in [0.2, 0.25) is 0 Å². The first kappa shape index (κ1) is 8.87. The third-order valence-electron chi connectivity index (χ3n) is 2.12. The maximum absolute atomic E-state index is 12.9. The molecule has 0 saturated heterocycles. The Balaban J connectivity index is 2.56. The van der Waals surface area contributed by atoms with Crippen LogP contribution in [0.1, 0.15) is 19.3 Å². The van der Waals surface area contributed by atoms with Crippen LogP contribution in [-0.2, 0) is 4.74 Å². The number of alkyl halides is 2. The Bertz CT molecular complexity index is 140. The van der Waals surface area contributed by atoms with Gasteiger partial charge >= 0.3 is 0 Å². The van der Waals surface area contributed by atoms with Crippen molar-refractivity contribution in [1.29, 1.82) is 0 Å². The molecule has 0 aliphatic heterocycles. The van der Waals surface area contributed by atoms with Gasteiger partial charge in [-0.3, -0.25) is 0 Å². The van der Waals surface area contributed by atoms with Crippen LogP contribution in [0.25, 0.3) is 0 Å². The third kappa shape index (κ3) is 1.87. The van der Waals surface area contributed by atoms with Gasteiger partial charge in [0.25, 0.3) is 5.92 Å². The lowest BCUT2D eigenvalue weighted by atomic mass is 9.90. The van der Waals surface area contributed by atoms with Crippen molar-refractivity contribution in [2.75, 3.05) is 7.11 Å². The molecular formula is C7H13F2NO. The van der Waals surface area contributed by atoms with Crippen LogP contribution in [0.15, 0.2) is 0 Å². The van der Waals surface area contributed by atoms with Gasteiger partial charge in [0.05, 0.1) is 0 Å². The minimum Gasteiger partial charge on any atom is -0.375 e. The normalized spacial score (nSPS) is 37.1. The zero-order valence-electron chi connectivity index (χ0n) is 6.52. The number of rotatable bonds is 1. The first-order chi connectivity index (χ1) is 5.06. The molecule has 0 heterocycles. The summed E-state index contributed by atoms with van der Waals surface area (Å²) >= 11 is 0. The minimum absolute atomic E-state index is 0.125. The van der Waals surface area contributed by atoms with Gasteiger partial charge in [0.1, 0.15) is 6.10 Å². The zero-order valence-corrected chi connectivity index (χ0v) is 6.52. The van der Waals surface area contributed by atoms with Crippen LogP contribution in [0.4, 0.5) is 8.78 Å². The molecule has 1 saturated carbocycles. The fourth-order valence-electron chi connectivity index (χ4n) is 1.37. The average Bonchev–Trinajstić information content (AvgIpc) is 1.94. The van der Waals surface area contributed by atoms with Crippen LogP contribution in [0.2, 0.25) is 0 Å². The smallest absolute Gasteiger partial charge is 0.273 e. The van der Waals surface area contributed by atoms with E-state index in [4.69, 9.17) is 5.73 Å². The Morgan fingerprint density at radius 1 is 1.55 bits per heavy atom. The van der Waals surface area contributed by atoms with Gasteiger partial charge in [0, 0.05) is 19.6 Å². The van der Waals surface area contributed by atoms with Gasteiger partial charge < -0.3 is 10.5 Å². The summed E-state index contributed by atoms with van der Waals surface area (Å²) in [4.78, 5) is 0. The van der Waals surface area contributed by atoms with E-state index in [0.29, 0.717) is 6.42 Å².